The minimum atomic E-state index is -0.344. The molecule has 1 aliphatic heterocycles. The van der Waals surface area contributed by atoms with Gasteiger partial charge in [-0.05, 0) is 49.9 Å². The van der Waals surface area contributed by atoms with Crippen molar-refractivity contribution in [2.24, 2.45) is 0 Å². The molecule has 2 aliphatic rings. The summed E-state index contributed by atoms with van der Waals surface area (Å²) in [6, 6.07) is 8.68. The van der Waals surface area contributed by atoms with Crippen molar-refractivity contribution >= 4 is 5.91 Å². The number of pyridine rings is 1. The molecule has 2 heterocycles. The van der Waals surface area contributed by atoms with Gasteiger partial charge in [0.15, 0.2) is 17.2 Å². The summed E-state index contributed by atoms with van der Waals surface area (Å²) in [4.78, 5) is 16.2. The highest BCUT2D eigenvalue weighted by atomic mass is 16.7. The predicted octanol–water partition coefficient (Wildman–Crippen LogP) is 2.64. The summed E-state index contributed by atoms with van der Waals surface area (Å²) >= 11 is 0. The summed E-state index contributed by atoms with van der Waals surface area (Å²) in [7, 11) is 0. The maximum Gasteiger partial charge on any atom is 0.273 e. The van der Waals surface area contributed by atoms with Crippen LogP contribution in [0, 0.1) is 0 Å². The van der Waals surface area contributed by atoms with Crippen molar-refractivity contribution in [3.8, 4) is 23.0 Å². The first kappa shape index (κ1) is 16.5. The molecule has 0 bridgehead atoms. The molecule has 0 saturated heterocycles. The van der Waals surface area contributed by atoms with Crippen molar-refractivity contribution in [2.45, 2.75) is 37.8 Å². The summed E-state index contributed by atoms with van der Waals surface area (Å²) in [6.45, 7) is 0.245. The number of hydrogen-bond donors (Lipinski definition) is 2. The zero-order valence-electron chi connectivity index (χ0n) is 14.2. The fourth-order valence-corrected chi connectivity index (χ4v) is 3.29. The van der Waals surface area contributed by atoms with Crippen LogP contribution in [0.2, 0.25) is 0 Å². The van der Waals surface area contributed by atoms with Crippen molar-refractivity contribution in [3.05, 3.63) is 42.2 Å². The van der Waals surface area contributed by atoms with E-state index >= 15 is 0 Å². The lowest BCUT2D eigenvalue weighted by Crippen LogP contribution is -2.40. The Morgan fingerprint density at radius 2 is 1.96 bits per heavy atom. The normalized spacial score (nSPS) is 21.2. The molecule has 4 rings (SSSR count). The first-order valence-electron chi connectivity index (χ1n) is 8.70. The van der Waals surface area contributed by atoms with E-state index < -0.39 is 0 Å². The van der Waals surface area contributed by atoms with Gasteiger partial charge in [-0.3, -0.25) is 4.79 Å². The lowest BCUT2D eigenvalue weighted by Gasteiger charge is -2.29. The number of carbonyl (C=O) groups excluding carboxylic acids is 1. The lowest BCUT2D eigenvalue weighted by atomic mass is 9.92. The topological polar surface area (TPSA) is 89.9 Å². The molecule has 1 saturated carbocycles. The van der Waals surface area contributed by atoms with Crippen LogP contribution < -0.4 is 19.5 Å². The van der Waals surface area contributed by atoms with Crippen molar-refractivity contribution in [3.63, 3.8) is 0 Å². The van der Waals surface area contributed by atoms with E-state index in [-0.39, 0.29) is 36.3 Å². The standard InChI is InChI=1S/C19H20N2O5/c22-15-2-1-9-20-18(15)19(23)21-12-3-5-13(6-4-12)26-14-7-8-16-17(10-14)25-11-24-16/h1-2,7-10,12-13,22H,3-6,11H2,(H,21,23). The van der Waals surface area contributed by atoms with Gasteiger partial charge in [0.2, 0.25) is 6.79 Å². The average molecular weight is 356 g/mol. The van der Waals surface area contributed by atoms with E-state index in [1.165, 1.54) is 12.3 Å². The molecule has 2 aromatic rings. The first-order valence-corrected chi connectivity index (χ1v) is 8.70. The van der Waals surface area contributed by atoms with E-state index in [2.05, 4.69) is 10.3 Å². The van der Waals surface area contributed by atoms with Crippen LogP contribution in [-0.2, 0) is 0 Å². The predicted molar refractivity (Wildman–Crippen MR) is 92.6 cm³/mol. The summed E-state index contributed by atoms with van der Waals surface area (Å²) in [5.41, 5.74) is 0.0613. The van der Waals surface area contributed by atoms with E-state index in [1.54, 1.807) is 6.07 Å². The zero-order valence-corrected chi connectivity index (χ0v) is 14.2. The highest BCUT2D eigenvalue weighted by molar-refractivity contribution is 5.94. The van der Waals surface area contributed by atoms with Crippen LogP contribution in [0.5, 0.6) is 23.0 Å². The molecule has 0 spiro atoms. The van der Waals surface area contributed by atoms with E-state index in [9.17, 15) is 9.90 Å². The maximum absolute atomic E-state index is 12.2. The number of ether oxygens (including phenoxy) is 3. The van der Waals surface area contributed by atoms with E-state index in [4.69, 9.17) is 14.2 Å². The second kappa shape index (κ2) is 7.11. The number of nitrogens with zero attached hydrogens (tertiary/aromatic N) is 1. The first-order chi connectivity index (χ1) is 12.7. The Labute approximate surface area is 150 Å². The highest BCUT2D eigenvalue weighted by Gasteiger charge is 2.25. The third kappa shape index (κ3) is 3.51. The number of aromatic nitrogens is 1. The number of benzene rings is 1. The highest BCUT2D eigenvalue weighted by Crippen LogP contribution is 2.36. The van der Waals surface area contributed by atoms with Gasteiger partial charge in [0, 0.05) is 18.3 Å². The Morgan fingerprint density at radius 3 is 2.77 bits per heavy atom. The van der Waals surface area contributed by atoms with E-state index in [0.717, 1.165) is 37.2 Å². The van der Waals surface area contributed by atoms with Crippen LogP contribution in [0.1, 0.15) is 36.2 Å². The van der Waals surface area contributed by atoms with Gasteiger partial charge in [-0.2, -0.15) is 0 Å². The molecule has 26 heavy (non-hydrogen) atoms. The number of aromatic hydroxyl groups is 1. The summed E-state index contributed by atoms with van der Waals surface area (Å²) < 4.78 is 16.7. The van der Waals surface area contributed by atoms with Crippen LogP contribution in [0.25, 0.3) is 0 Å². The number of rotatable bonds is 4. The molecule has 2 N–H and O–H groups in total. The van der Waals surface area contributed by atoms with Crippen LogP contribution in [0.15, 0.2) is 36.5 Å². The quantitative estimate of drug-likeness (QED) is 0.875. The maximum atomic E-state index is 12.2. The fourth-order valence-electron chi connectivity index (χ4n) is 3.29. The Morgan fingerprint density at radius 1 is 1.15 bits per heavy atom. The van der Waals surface area contributed by atoms with Gasteiger partial charge in [-0.25, -0.2) is 4.98 Å². The van der Waals surface area contributed by atoms with Gasteiger partial charge in [0.05, 0.1) is 6.10 Å². The Balaban J connectivity index is 1.29. The number of carbonyl (C=O) groups is 1. The number of nitrogens with one attached hydrogen (secondary N) is 1. The average Bonchev–Trinajstić information content (AvgIpc) is 3.11. The van der Waals surface area contributed by atoms with Gasteiger partial charge in [0.25, 0.3) is 5.91 Å². The second-order valence-corrected chi connectivity index (χ2v) is 6.45. The van der Waals surface area contributed by atoms with E-state index in [0.29, 0.717) is 5.75 Å². The molecule has 0 radical (unpaired) electrons. The molecule has 0 atom stereocenters. The third-order valence-electron chi connectivity index (χ3n) is 4.66. The summed E-state index contributed by atoms with van der Waals surface area (Å²) in [5, 5.41) is 12.7. The summed E-state index contributed by atoms with van der Waals surface area (Å²) in [5.74, 6) is 1.76. The number of hydrogen-bond acceptors (Lipinski definition) is 6. The number of fused-ring (bicyclic) bond motifs is 1. The monoisotopic (exact) mass is 356 g/mol. The Kier molecular flexibility index (Phi) is 4.51. The van der Waals surface area contributed by atoms with Crippen molar-refractivity contribution in [2.75, 3.05) is 6.79 Å². The van der Waals surface area contributed by atoms with Gasteiger partial charge < -0.3 is 24.6 Å². The zero-order chi connectivity index (χ0) is 17.9. The molecule has 136 valence electrons. The van der Waals surface area contributed by atoms with Crippen molar-refractivity contribution in [1.82, 2.24) is 10.3 Å². The SMILES string of the molecule is O=C(NC1CCC(Oc2ccc3c(c2)OCO3)CC1)c1ncccc1O. The number of amides is 1. The van der Waals surface area contributed by atoms with Crippen molar-refractivity contribution < 1.29 is 24.1 Å². The summed E-state index contributed by atoms with van der Waals surface area (Å²) in [6.07, 6.45) is 4.90. The lowest BCUT2D eigenvalue weighted by molar-refractivity contribution is 0.0886. The fraction of sp³-hybridized carbons (Fsp3) is 0.368. The van der Waals surface area contributed by atoms with Crippen LogP contribution in [0.4, 0.5) is 0 Å². The van der Waals surface area contributed by atoms with Gasteiger partial charge >= 0.3 is 0 Å². The van der Waals surface area contributed by atoms with Gasteiger partial charge in [-0.1, -0.05) is 0 Å². The van der Waals surface area contributed by atoms with E-state index in [1.807, 2.05) is 18.2 Å². The molecule has 7 heteroatoms. The van der Waals surface area contributed by atoms with Crippen molar-refractivity contribution in [1.29, 1.82) is 0 Å². The third-order valence-corrected chi connectivity index (χ3v) is 4.66. The molecule has 7 nitrogen and oxygen atoms in total. The van der Waals surface area contributed by atoms with Gasteiger partial charge in [-0.15, -0.1) is 0 Å². The second-order valence-electron chi connectivity index (χ2n) is 6.45. The van der Waals surface area contributed by atoms with Crippen LogP contribution >= 0.6 is 0 Å². The Bertz CT molecular complexity index is 802. The van der Waals surface area contributed by atoms with Crippen LogP contribution in [0.3, 0.4) is 0 Å². The molecular formula is C19H20N2O5. The molecule has 1 amide bonds. The largest absolute Gasteiger partial charge is 0.505 e. The minimum Gasteiger partial charge on any atom is -0.505 e. The molecular weight excluding hydrogens is 336 g/mol. The minimum absolute atomic E-state index is 0.0560. The smallest absolute Gasteiger partial charge is 0.273 e. The molecule has 1 aromatic carbocycles. The molecule has 1 aliphatic carbocycles. The molecule has 1 fully saturated rings. The molecule has 0 unspecified atom stereocenters. The van der Waals surface area contributed by atoms with Gasteiger partial charge in [0.1, 0.15) is 11.5 Å². The Hall–Kier alpha value is -2.96. The molecule has 1 aromatic heterocycles. The van der Waals surface area contributed by atoms with Crippen LogP contribution in [-0.4, -0.2) is 34.9 Å².